The van der Waals surface area contributed by atoms with Gasteiger partial charge in [0.05, 0.1) is 9.82 Å². The van der Waals surface area contributed by atoms with E-state index < -0.39 is 33.4 Å². The van der Waals surface area contributed by atoms with E-state index in [-0.39, 0.29) is 16.1 Å². The maximum absolute atomic E-state index is 13.6. The van der Waals surface area contributed by atoms with Crippen molar-refractivity contribution in [1.82, 2.24) is 9.79 Å². The summed E-state index contributed by atoms with van der Waals surface area (Å²) in [4.78, 5) is 22.8. The van der Waals surface area contributed by atoms with Crippen molar-refractivity contribution in [1.29, 1.82) is 0 Å². The minimum absolute atomic E-state index is 0.0447. The summed E-state index contributed by atoms with van der Waals surface area (Å²) in [5.41, 5.74) is 1.29. The molecular weight excluding hydrogens is 410 g/mol. The summed E-state index contributed by atoms with van der Waals surface area (Å²) >= 11 is 0. The summed E-state index contributed by atoms with van der Waals surface area (Å²) < 4.78 is 28.0. The predicted octanol–water partition coefficient (Wildman–Crippen LogP) is 2.83. The number of nitro groups is 1. The number of hydroxylamine groups is 1. The lowest BCUT2D eigenvalue weighted by molar-refractivity contribution is -0.385. The lowest BCUT2D eigenvalue weighted by Gasteiger charge is -2.27. The average Bonchev–Trinajstić information content (AvgIpc) is 2.76. The molecule has 0 aliphatic heterocycles. The number of para-hydroxylation sites is 1. The van der Waals surface area contributed by atoms with Crippen LogP contribution in [-0.4, -0.2) is 34.8 Å². The molecule has 0 saturated carbocycles. The van der Waals surface area contributed by atoms with Crippen LogP contribution >= 0.6 is 0 Å². The van der Waals surface area contributed by atoms with E-state index in [0.29, 0.717) is 10.8 Å². The molecule has 2 N–H and O–H groups in total. The number of hydrogen-bond acceptors (Lipinski definition) is 6. The van der Waals surface area contributed by atoms with Gasteiger partial charge in [-0.15, -0.1) is 0 Å². The average molecular weight is 429 g/mol. The van der Waals surface area contributed by atoms with Crippen LogP contribution in [-0.2, 0) is 21.4 Å². The Kier molecular flexibility index (Phi) is 6.11. The van der Waals surface area contributed by atoms with Gasteiger partial charge >= 0.3 is 0 Å². The number of benzene rings is 3. The summed E-state index contributed by atoms with van der Waals surface area (Å²) in [7, 11) is -4.28. The fourth-order valence-electron chi connectivity index (χ4n) is 3.19. The molecule has 30 heavy (non-hydrogen) atoms. The molecule has 0 aromatic heterocycles. The minimum Gasteiger partial charge on any atom is -0.289 e. The van der Waals surface area contributed by atoms with Crippen LogP contribution in [0.2, 0.25) is 0 Å². The lowest BCUT2D eigenvalue weighted by Crippen LogP contribution is -2.46. The molecule has 1 unspecified atom stereocenters. The van der Waals surface area contributed by atoms with Crippen molar-refractivity contribution >= 4 is 32.4 Å². The second-order valence-electron chi connectivity index (χ2n) is 6.57. The SMILES string of the molecule is CC(C(=O)NO)N(Cc1ccccc1[N+](=O)[O-])S(=O)(=O)c1cccc2ccccc12. The van der Waals surface area contributed by atoms with Gasteiger partial charge in [-0.2, -0.15) is 4.31 Å². The number of nitrogens with one attached hydrogen (secondary N) is 1. The van der Waals surface area contributed by atoms with Crippen LogP contribution < -0.4 is 5.48 Å². The van der Waals surface area contributed by atoms with Gasteiger partial charge < -0.3 is 0 Å². The molecule has 9 nitrogen and oxygen atoms in total. The third kappa shape index (κ3) is 4.01. The van der Waals surface area contributed by atoms with E-state index in [2.05, 4.69) is 0 Å². The van der Waals surface area contributed by atoms with E-state index in [1.54, 1.807) is 42.5 Å². The van der Waals surface area contributed by atoms with Crippen LogP contribution in [0.1, 0.15) is 12.5 Å². The highest BCUT2D eigenvalue weighted by Gasteiger charge is 2.35. The third-order valence-corrected chi connectivity index (χ3v) is 6.75. The second kappa shape index (κ2) is 8.57. The van der Waals surface area contributed by atoms with Gasteiger partial charge in [-0.3, -0.25) is 20.1 Å². The van der Waals surface area contributed by atoms with Crippen LogP contribution in [0.25, 0.3) is 10.8 Å². The first-order valence-electron chi connectivity index (χ1n) is 8.93. The van der Waals surface area contributed by atoms with Crippen LogP contribution in [0.3, 0.4) is 0 Å². The molecule has 156 valence electrons. The molecule has 0 heterocycles. The van der Waals surface area contributed by atoms with Crippen LogP contribution in [0.5, 0.6) is 0 Å². The molecule has 3 rings (SSSR count). The number of rotatable bonds is 7. The van der Waals surface area contributed by atoms with Crippen molar-refractivity contribution in [3.63, 3.8) is 0 Å². The Balaban J connectivity index is 2.17. The Morgan fingerprint density at radius 3 is 2.43 bits per heavy atom. The summed E-state index contributed by atoms with van der Waals surface area (Å²) in [6.07, 6.45) is 0. The molecule has 3 aromatic rings. The molecular formula is C20H19N3O6S. The highest BCUT2D eigenvalue weighted by molar-refractivity contribution is 7.89. The second-order valence-corrected chi connectivity index (χ2v) is 8.42. The molecule has 0 radical (unpaired) electrons. The summed E-state index contributed by atoms with van der Waals surface area (Å²) in [6.45, 7) is 0.861. The highest BCUT2D eigenvalue weighted by Crippen LogP contribution is 2.30. The Hall–Kier alpha value is -3.34. The fraction of sp³-hybridized carbons (Fsp3) is 0.150. The van der Waals surface area contributed by atoms with Gasteiger partial charge in [-0.05, 0) is 18.4 Å². The first-order valence-corrected chi connectivity index (χ1v) is 10.4. The molecule has 10 heteroatoms. The monoisotopic (exact) mass is 429 g/mol. The Morgan fingerprint density at radius 2 is 1.73 bits per heavy atom. The number of carbonyl (C=O) groups is 1. The van der Waals surface area contributed by atoms with E-state index in [4.69, 9.17) is 5.21 Å². The van der Waals surface area contributed by atoms with Gasteiger partial charge in [0.1, 0.15) is 6.04 Å². The molecule has 0 saturated heterocycles. The topological polar surface area (TPSA) is 130 Å². The highest BCUT2D eigenvalue weighted by atomic mass is 32.2. The van der Waals surface area contributed by atoms with E-state index >= 15 is 0 Å². The molecule has 0 bridgehead atoms. The zero-order valence-corrected chi connectivity index (χ0v) is 16.7. The Bertz CT molecular complexity index is 1210. The summed E-state index contributed by atoms with van der Waals surface area (Å²) in [5, 5.41) is 21.5. The zero-order valence-electron chi connectivity index (χ0n) is 15.9. The van der Waals surface area contributed by atoms with Crippen molar-refractivity contribution in [2.24, 2.45) is 0 Å². The van der Waals surface area contributed by atoms with Crippen molar-refractivity contribution in [3.8, 4) is 0 Å². The van der Waals surface area contributed by atoms with Gasteiger partial charge in [0.15, 0.2) is 0 Å². The van der Waals surface area contributed by atoms with E-state index in [9.17, 15) is 23.3 Å². The molecule has 1 amide bonds. The summed E-state index contributed by atoms with van der Waals surface area (Å²) in [6, 6.07) is 16.0. The largest absolute Gasteiger partial charge is 0.289 e. The van der Waals surface area contributed by atoms with Crippen LogP contribution in [0.15, 0.2) is 71.6 Å². The van der Waals surface area contributed by atoms with Crippen LogP contribution in [0, 0.1) is 10.1 Å². The minimum atomic E-state index is -4.28. The Morgan fingerprint density at radius 1 is 1.10 bits per heavy atom. The molecule has 0 spiro atoms. The van der Waals surface area contributed by atoms with Gasteiger partial charge in [0, 0.05) is 23.6 Å². The van der Waals surface area contributed by atoms with Gasteiger partial charge in [-0.25, -0.2) is 13.9 Å². The van der Waals surface area contributed by atoms with Crippen molar-refractivity contribution < 1.29 is 23.3 Å². The molecule has 0 aliphatic rings. The predicted molar refractivity (Wildman–Crippen MR) is 109 cm³/mol. The molecule has 0 aliphatic carbocycles. The normalized spacial score (nSPS) is 12.6. The van der Waals surface area contributed by atoms with E-state index in [0.717, 1.165) is 4.31 Å². The van der Waals surface area contributed by atoms with Crippen molar-refractivity contribution in [3.05, 3.63) is 82.4 Å². The Labute approximate surface area is 172 Å². The maximum Gasteiger partial charge on any atom is 0.273 e. The number of nitro benzene ring substituents is 1. The zero-order chi connectivity index (χ0) is 21.9. The standard InChI is InChI=1S/C20H19N3O6S/c1-14(20(24)21-25)22(13-16-8-3-5-11-18(16)23(26)27)30(28,29)19-12-6-9-15-7-2-4-10-17(15)19/h2-12,14,25H,13H2,1H3,(H,21,24). The van der Waals surface area contributed by atoms with Gasteiger partial charge in [0.2, 0.25) is 10.0 Å². The first kappa shape index (κ1) is 21.4. The lowest BCUT2D eigenvalue weighted by atomic mass is 10.1. The van der Waals surface area contributed by atoms with Crippen molar-refractivity contribution in [2.75, 3.05) is 0 Å². The summed E-state index contributed by atoms with van der Waals surface area (Å²) in [5.74, 6) is -0.961. The molecule has 1 atom stereocenters. The van der Waals surface area contributed by atoms with E-state index in [1.807, 2.05) is 0 Å². The number of carbonyl (C=O) groups excluding carboxylic acids is 1. The third-order valence-electron chi connectivity index (χ3n) is 4.77. The molecule has 3 aromatic carbocycles. The number of nitrogens with zero attached hydrogens (tertiary/aromatic N) is 2. The number of hydrogen-bond donors (Lipinski definition) is 2. The number of sulfonamides is 1. The quantitative estimate of drug-likeness (QED) is 0.337. The van der Waals surface area contributed by atoms with Crippen molar-refractivity contribution in [2.45, 2.75) is 24.4 Å². The smallest absolute Gasteiger partial charge is 0.273 e. The van der Waals surface area contributed by atoms with Gasteiger partial charge in [0.25, 0.3) is 11.6 Å². The maximum atomic E-state index is 13.6. The molecule has 0 fully saturated rings. The number of amides is 1. The first-order chi connectivity index (χ1) is 14.3. The van der Waals surface area contributed by atoms with Crippen LogP contribution in [0.4, 0.5) is 5.69 Å². The van der Waals surface area contributed by atoms with Gasteiger partial charge in [-0.1, -0.05) is 54.6 Å². The fourth-order valence-corrected chi connectivity index (χ4v) is 4.98. The van der Waals surface area contributed by atoms with E-state index in [1.165, 1.54) is 36.7 Å². The number of fused-ring (bicyclic) bond motifs is 1.